The minimum absolute atomic E-state index is 0.0436. The van der Waals surface area contributed by atoms with Gasteiger partial charge in [-0.3, -0.25) is 4.79 Å². The van der Waals surface area contributed by atoms with Gasteiger partial charge in [-0.1, -0.05) is 20.3 Å². The van der Waals surface area contributed by atoms with Crippen molar-refractivity contribution < 1.29 is 9.90 Å². The van der Waals surface area contributed by atoms with Crippen LogP contribution in [0.3, 0.4) is 0 Å². The fourth-order valence-electron chi connectivity index (χ4n) is 6.70. The van der Waals surface area contributed by atoms with E-state index in [0.717, 1.165) is 25.2 Å². The lowest BCUT2D eigenvalue weighted by atomic mass is 9.45. The van der Waals surface area contributed by atoms with E-state index >= 15 is 0 Å². The molecule has 0 radical (unpaired) electrons. The van der Waals surface area contributed by atoms with E-state index in [2.05, 4.69) is 13.8 Å². The lowest BCUT2D eigenvalue weighted by molar-refractivity contribution is -0.167. The number of carbonyl (C=O) groups excluding carboxylic acids is 1. The van der Waals surface area contributed by atoms with E-state index in [4.69, 9.17) is 0 Å². The van der Waals surface area contributed by atoms with Crippen LogP contribution in [0.1, 0.15) is 65.2 Å². The zero-order chi connectivity index (χ0) is 14.1. The molecule has 0 saturated heterocycles. The molecule has 1 N–H and O–H groups in total. The van der Waals surface area contributed by atoms with E-state index < -0.39 is 0 Å². The van der Waals surface area contributed by atoms with E-state index in [0.29, 0.717) is 23.0 Å². The number of Topliss-reactive ketones (excluding diaryl/α,β-unsaturated/α-hetero) is 1. The summed E-state index contributed by atoms with van der Waals surface area (Å²) in [5.41, 5.74) is 0.425. The number of hydrogen-bond donors (Lipinski definition) is 1. The van der Waals surface area contributed by atoms with Crippen LogP contribution in [-0.2, 0) is 4.79 Å². The predicted octanol–water partition coefficient (Wildman–Crippen LogP) is 3.57. The van der Waals surface area contributed by atoms with Crippen LogP contribution in [-0.4, -0.2) is 17.0 Å². The second kappa shape index (κ2) is 4.09. The average Bonchev–Trinajstić information content (AvgIpc) is 2.80. The van der Waals surface area contributed by atoms with Gasteiger partial charge >= 0.3 is 0 Å². The molecular formula is C18H28O2. The highest BCUT2D eigenvalue weighted by molar-refractivity contribution is 5.89. The van der Waals surface area contributed by atoms with Gasteiger partial charge in [-0.2, -0.15) is 0 Å². The molecule has 0 aromatic rings. The molecule has 4 aliphatic carbocycles. The Morgan fingerprint density at radius 3 is 2.65 bits per heavy atom. The number of ketones is 1. The van der Waals surface area contributed by atoms with Crippen LogP contribution in [0, 0.1) is 34.5 Å². The molecule has 20 heavy (non-hydrogen) atoms. The van der Waals surface area contributed by atoms with Crippen LogP contribution in [0.5, 0.6) is 0 Å². The van der Waals surface area contributed by atoms with Crippen LogP contribution in [0.2, 0.25) is 0 Å². The monoisotopic (exact) mass is 276 g/mol. The summed E-state index contributed by atoms with van der Waals surface area (Å²) in [6.45, 7) is 4.72. The van der Waals surface area contributed by atoms with Crippen molar-refractivity contribution >= 4 is 5.78 Å². The summed E-state index contributed by atoms with van der Waals surface area (Å²) in [6, 6.07) is 0. The molecule has 4 aliphatic rings. The molecule has 2 bridgehead atoms. The van der Waals surface area contributed by atoms with Crippen LogP contribution >= 0.6 is 0 Å². The van der Waals surface area contributed by atoms with E-state index in [9.17, 15) is 9.90 Å². The summed E-state index contributed by atoms with van der Waals surface area (Å²) in [5.74, 6) is 2.49. The molecule has 0 aromatic heterocycles. The Balaban J connectivity index is 1.72. The Bertz CT molecular complexity index is 445. The summed E-state index contributed by atoms with van der Waals surface area (Å²) < 4.78 is 0. The molecule has 112 valence electrons. The maximum Gasteiger partial charge on any atom is 0.144 e. The molecule has 0 spiro atoms. The third kappa shape index (κ3) is 1.52. The molecule has 4 rings (SSSR count). The second-order valence-electron chi connectivity index (χ2n) is 8.69. The third-order valence-electron chi connectivity index (χ3n) is 7.89. The Labute approximate surface area is 122 Å². The van der Waals surface area contributed by atoms with Gasteiger partial charge < -0.3 is 5.11 Å². The Morgan fingerprint density at radius 2 is 1.85 bits per heavy atom. The van der Waals surface area contributed by atoms with Gasteiger partial charge in [0.2, 0.25) is 0 Å². The normalized spacial score (nSPS) is 58.1. The first-order valence-corrected chi connectivity index (χ1v) is 8.68. The average molecular weight is 276 g/mol. The topological polar surface area (TPSA) is 37.3 Å². The van der Waals surface area contributed by atoms with Gasteiger partial charge in [-0.05, 0) is 68.1 Å². The first-order valence-electron chi connectivity index (χ1n) is 8.68. The highest BCUT2D eigenvalue weighted by Gasteiger charge is 2.61. The van der Waals surface area contributed by atoms with Crippen LogP contribution in [0.4, 0.5) is 0 Å². The summed E-state index contributed by atoms with van der Waals surface area (Å²) in [7, 11) is 0. The minimum Gasteiger partial charge on any atom is -0.392 e. The van der Waals surface area contributed by atoms with Gasteiger partial charge in [0, 0.05) is 11.3 Å². The summed E-state index contributed by atoms with van der Waals surface area (Å²) in [6.07, 6.45) is 9.11. The zero-order valence-electron chi connectivity index (χ0n) is 12.9. The van der Waals surface area contributed by atoms with Gasteiger partial charge in [0.1, 0.15) is 5.78 Å². The highest BCUT2D eigenvalue weighted by Crippen LogP contribution is 2.64. The van der Waals surface area contributed by atoms with Crippen molar-refractivity contribution in [2.24, 2.45) is 34.5 Å². The van der Waals surface area contributed by atoms with Crippen molar-refractivity contribution in [1.82, 2.24) is 0 Å². The largest absolute Gasteiger partial charge is 0.392 e. The van der Waals surface area contributed by atoms with E-state index in [1.807, 2.05) is 0 Å². The third-order valence-corrected chi connectivity index (χ3v) is 7.89. The number of hydrogen-bond acceptors (Lipinski definition) is 2. The van der Waals surface area contributed by atoms with Crippen molar-refractivity contribution in [3.8, 4) is 0 Å². The van der Waals surface area contributed by atoms with Gasteiger partial charge in [0.05, 0.1) is 6.10 Å². The van der Waals surface area contributed by atoms with E-state index in [1.165, 1.54) is 32.1 Å². The van der Waals surface area contributed by atoms with E-state index in [1.54, 1.807) is 0 Å². The van der Waals surface area contributed by atoms with Crippen molar-refractivity contribution in [2.75, 3.05) is 0 Å². The molecule has 7 unspecified atom stereocenters. The number of fused-ring (bicyclic) bond motifs is 6. The number of aliphatic hydroxyl groups is 1. The SMILES string of the molecule is CC12CCCC1C1CC3C(=O)C(C)(CCC3O)C1CC2. The molecule has 4 fully saturated rings. The molecular weight excluding hydrogens is 248 g/mol. The van der Waals surface area contributed by atoms with Crippen LogP contribution in [0.25, 0.3) is 0 Å². The molecule has 0 amide bonds. The molecule has 0 aliphatic heterocycles. The summed E-state index contributed by atoms with van der Waals surface area (Å²) in [4.78, 5) is 12.8. The Kier molecular flexibility index (Phi) is 2.72. The lowest BCUT2D eigenvalue weighted by Gasteiger charge is -2.59. The van der Waals surface area contributed by atoms with Crippen molar-refractivity contribution in [3.05, 3.63) is 0 Å². The Hall–Kier alpha value is -0.370. The smallest absolute Gasteiger partial charge is 0.144 e. The van der Waals surface area contributed by atoms with Gasteiger partial charge in [-0.15, -0.1) is 0 Å². The lowest BCUT2D eigenvalue weighted by Crippen LogP contribution is -2.59. The standard InChI is InChI=1S/C18H28O2/c1-17-7-3-4-13(17)11-10-12-15(19)6-9-18(2,16(12)20)14(11)5-8-17/h11-15,19H,3-10H2,1-2H3. The van der Waals surface area contributed by atoms with Crippen LogP contribution in [0.15, 0.2) is 0 Å². The predicted molar refractivity (Wildman–Crippen MR) is 78.1 cm³/mol. The molecule has 7 atom stereocenters. The first kappa shape index (κ1) is 13.3. The summed E-state index contributed by atoms with van der Waals surface area (Å²) >= 11 is 0. The Morgan fingerprint density at radius 1 is 1.05 bits per heavy atom. The fourth-order valence-corrected chi connectivity index (χ4v) is 6.70. The van der Waals surface area contributed by atoms with E-state index in [-0.39, 0.29) is 17.4 Å². The summed E-state index contributed by atoms with van der Waals surface area (Å²) in [5, 5.41) is 10.3. The maximum atomic E-state index is 12.8. The highest BCUT2D eigenvalue weighted by atomic mass is 16.3. The van der Waals surface area contributed by atoms with Crippen molar-refractivity contribution in [2.45, 2.75) is 71.3 Å². The van der Waals surface area contributed by atoms with Crippen LogP contribution < -0.4 is 0 Å². The van der Waals surface area contributed by atoms with Gasteiger partial charge in [0.25, 0.3) is 0 Å². The van der Waals surface area contributed by atoms with Crippen molar-refractivity contribution in [3.63, 3.8) is 0 Å². The fraction of sp³-hybridized carbons (Fsp3) is 0.944. The minimum atomic E-state index is -0.355. The van der Waals surface area contributed by atoms with Crippen molar-refractivity contribution in [1.29, 1.82) is 0 Å². The molecule has 0 heterocycles. The van der Waals surface area contributed by atoms with Gasteiger partial charge in [0.15, 0.2) is 0 Å². The molecule has 0 aromatic carbocycles. The molecule has 2 heteroatoms. The molecule has 2 nitrogen and oxygen atoms in total. The quantitative estimate of drug-likeness (QED) is 0.734. The zero-order valence-corrected chi connectivity index (χ0v) is 12.9. The number of rotatable bonds is 0. The number of carbonyl (C=O) groups is 1. The second-order valence-corrected chi connectivity index (χ2v) is 8.69. The van der Waals surface area contributed by atoms with Gasteiger partial charge in [-0.25, -0.2) is 0 Å². The maximum absolute atomic E-state index is 12.8. The first-order chi connectivity index (χ1) is 9.46. The molecule has 4 saturated carbocycles. The number of aliphatic hydroxyl groups excluding tert-OH is 1.